The van der Waals surface area contributed by atoms with Crippen molar-refractivity contribution in [1.82, 2.24) is 4.98 Å². The number of aromatic nitrogens is 1. The first kappa shape index (κ1) is 16.0. The molecular weight excluding hydrogens is 321 g/mol. The van der Waals surface area contributed by atoms with Gasteiger partial charge in [0.25, 0.3) is 0 Å². The number of nitrogens with two attached hydrogens (primary N) is 1. The number of aromatic amines is 1. The van der Waals surface area contributed by atoms with Crippen LogP contribution in [0.1, 0.15) is 24.1 Å². The molecule has 0 fully saturated rings. The molecule has 1 aromatic heterocycles. The van der Waals surface area contributed by atoms with E-state index in [2.05, 4.69) is 4.98 Å². The fourth-order valence-electron chi connectivity index (χ4n) is 2.43. The Morgan fingerprint density at radius 2 is 1.83 bits per heavy atom. The van der Waals surface area contributed by atoms with Crippen LogP contribution in [0.5, 0.6) is 0 Å². The van der Waals surface area contributed by atoms with Gasteiger partial charge < -0.3 is 10.7 Å². The molecule has 0 amide bonds. The zero-order valence-electron chi connectivity index (χ0n) is 12.3. The van der Waals surface area contributed by atoms with Crippen molar-refractivity contribution in [2.24, 2.45) is 5.73 Å². The van der Waals surface area contributed by atoms with Gasteiger partial charge in [-0.1, -0.05) is 36.0 Å². The molecule has 2 aromatic carbocycles. The molecule has 0 aliphatic heterocycles. The Hall–Kier alpha value is -1.92. The number of hydrogen-bond donors (Lipinski definition) is 2. The predicted molar refractivity (Wildman–Crippen MR) is 86.5 cm³/mol. The zero-order chi connectivity index (χ0) is 16.6. The maximum Gasteiger partial charge on any atom is 0.416 e. The number of benzene rings is 2. The second-order valence-corrected chi connectivity index (χ2v) is 6.42. The molecule has 120 valence electrons. The van der Waals surface area contributed by atoms with Crippen LogP contribution < -0.4 is 5.73 Å². The lowest BCUT2D eigenvalue weighted by Gasteiger charge is -2.11. The first-order valence-corrected chi connectivity index (χ1v) is 7.88. The average molecular weight is 336 g/mol. The predicted octanol–water partition coefficient (Wildman–Crippen LogP) is 5.36. The standard InChI is InChI=1S/C17H15F3N2S/c1-10(21)12-4-2-3-5-15(12)23-16-9-22-14-8-11(17(18,19)20)6-7-13(14)16/h2-10,22H,21H2,1H3. The Kier molecular flexibility index (Phi) is 4.12. The van der Waals surface area contributed by atoms with Gasteiger partial charge in [0.1, 0.15) is 0 Å². The fraction of sp³-hybridized carbons (Fsp3) is 0.176. The van der Waals surface area contributed by atoms with Crippen molar-refractivity contribution in [2.45, 2.75) is 28.9 Å². The third-order valence-electron chi connectivity index (χ3n) is 3.60. The lowest BCUT2D eigenvalue weighted by molar-refractivity contribution is -0.137. The van der Waals surface area contributed by atoms with Crippen molar-refractivity contribution in [1.29, 1.82) is 0 Å². The summed E-state index contributed by atoms with van der Waals surface area (Å²) < 4.78 is 38.3. The number of halogens is 3. The zero-order valence-corrected chi connectivity index (χ0v) is 13.1. The summed E-state index contributed by atoms with van der Waals surface area (Å²) in [5, 5.41) is 0.766. The summed E-state index contributed by atoms with van der Waals surface area (Å²) in [6.45, 7) is 1.91. The third kappa shape index (κ3) is 3.23. The molecular formula is C17H15F3N2S. The van der Waals surface area contributed by atoms with Crippen LogP contribution in [0.2, 0.25) is 0 Å². The van der Waals surface area contributed by atoms with Crippen molar-refractivity contribution in [3.8, 4) is 0 Å². The van der Waals surface area contributed by atoms with E-state index in [-0.39, 0.29) is 6.04 Å². The quantitative estimate of drug-likeness (QED) is 0.676. The van der Waals surface area contributed by atoms with E-state index >= 15 is 0 Å². The molecule has 0 aliphatic carbocycles. The second-order valence-electron chi connectivity index (χ2n) is 5.34. The summed E-state index contributed by atoms with van der Waals surface area (Å²) in [6.07, 6.45) is -2.61. The highest BCUT2D eigenvalue weighted by Crippen LogP contribution is 2.38. The molecule has 0 spiro atoms. The SMILES string of the molecule is CC(N)c1ccccc1Sc1c[nH]c2cc(C(F)(F)F)ccc12. The van der Waals surface area contributed by atoms with Gasteiger partial charge in [-0.3, -0.25) is 0 Å². The summed E-state index contributed by atoms with van der Waals surface area (Å²) in [4.78, 5) is 4.80. The summed E-state index contributed by atoms with van der Waals surface area (Å²) in [7, 11) is 0. The summed E-state index contributed by atoms with van der Waals surface area (Å²) >= 11 is 1.50. The van der Waals surface area contributed by atoms with Gasteiger partial charge in [0.05, 0.1) is 5.56 Å². The highest BCUT2D eigenvalue weighted by molar-refractivity contribution is 7.99. The molecule has 0 saturated heterocycles. The van der Waals surface area contributed by atoms with E-state index < -0.39 is 11.7 Å². The highest BCUT2D eigenvalue weighted by atomic mass is 32.2. The molecule has 0 bridgehead atoms. The lowest BCUT2D eigenvalue weighted by atomic mass is 10.1. The number of fused-ring (bicyclic) bond motifs is 1. The van der Waals surface area contributed by atoms with Gasteiger partial charge in [0.15, 0.2) is 0 Å². The minimum absolute atomic E-state index is 0.110. The molecule has 6 heteroatoms. The Morgan fingerprint density at radius 1 is 1.09 bits per heavy atom. The highest BCUT2D eigenvalue weighted by Gasteiger charge is 2.30. The number of rotatable bonds is 3. The van der Waals surface area contributed by atoms with Crippen LogP contribution >= 0.6 is 11.8 Å². The molecule has 3 N–H and O–H groups in total. The van der Waals surface area contributed by atoms with E-state index in [0.29, 0.717) is 5.52 Å². The van der Waals surface area contributed by atoms with Crippen LogP contribution in [-0.2, 0) is 6.18 Å². The lowest BCUT2D eigenvalue weighted by Crippen LogP contribution is -2.05. The Morgan fingerprint density at radius 3 is 2.52 bits per heavy atom. The minimum atomic E-state index is -4.34. The largest absolute Gasteiger partial charge is 0.416 e. The third-order valence-corrected chi connectivity index (χ3v) is 4.75. The molecule has 2 nitrogen and oxygen atoms in total. The maximum absolute atomic E-state index is 12.8. The number of nitrogens with one attached hydrogen (secondary N) is 1. The van der Waals surface area contributed by atoms with Crippen LogP contribution in [0.25, 0.3) is 10.9 Å². The number of H-pyrrole nitrogens is 1. The van der Waals surface area contributed by atoms with Gasteiger partial charge in [0, 0.05) is 32.9 Å². The fourth-order valence-corrected chi connectivity index (χ4v) is 3.59. The van der Waals surface area contributed by atoms with Crippen molar-refractivity contribution in [3.05, 3.63) is 59.8 Å². The van der Waals surface area contributed by atoms with Crippen LogP contribution in [0.4, 0.5) is 13.2 Å². The van der Waals surface area contributed by atoms with E-state index in [4.69, 9.17) is 5.73 Å². The Balaban J connectivity index is 1.99. The Labute approximate surface area is 135 Å². The molecule has 0 aliphatic rings. The topological polar surface area (TPSA) is 41.8 Å². The van der Waals surface area contributed by atoms with E-state index in [1.54, 1.807) is 6.20 Å². The monoisotopic (exact) mass is 336 g/mol. The first-order chi connectivity index (χ1) is 10.9. The van der Waals surface area contributed by atoms with E-state index in [1.807, 2.05) is 31.2 Å². The number of alkyl halides is 3. The summed E-state index contributed by atoms with van der Waals surface area (Å²) in [5.74, 6) is 0. The summed E-state index contributed by atoms with van der Waals surface area (Å²) in [5.41, 5.74) is 6.81. The smallest absolute Gasteiger partial charge is 0.360 e. The molecule has 3 rings (SSSR count). The molecule has 0 radical (unpaired) electrons. The summed E-state index contributed by atoms with van der Waals surface area (Å²) in [6, 6.07) is 11.4. The van der Waals surface area contributed by atoms with Gasteiger partial charge in [-0.05, 0) is 30.7 Å². The normalized spacial score (nSPS) is 13.4. The van der Waals surface area contributed by atoms with Crippen LogP contribution in [0.3, 0.4) is 0 Å². The molecule has 23 heavy (non-hydrogen) atoms. The van der Waals surface area contributed by atoms with Crippen molar-refractivity contribution in [2.75, 3.05) is 0 Å². The van der Waals surface area contributed by atoms with Crippen molar-refractivity contribution < 1.29 is 13.2 Å². The van der Waals surface area contributed by atoms with Crippen LogP contribution in [0.15, 0.2) is 58.5 Å². The second kappa shape index (κ2) is 5.94. The first-order valence-electron chi connectivity index (χ1n) is 7.07. The van der Waals surface area contributed by atoms with Crippen LogP contribution in [0, 0.1) is 0 Å². The van der Waals surface area contributed by atoms with Crippen LogP contribution in [-0.4, -0.2) is 4.98 Å². The maximum atomic E-state index is 12.8. The Bertz CT molecular complexity index is 837. The minimum Gasteiger partial charge on any atom is -0.360 e. The molecule has 0 saturated carbocycles. The van der Waals surface area contributed by atoms with Gasteiger partial charge >= 0.3 is 6.18 Å². The number of hydrogen-bond acceptors (Lipinski definition) is 2. The van der Waals surface area contributed by atoms with E-state index in [0.717, 1.165) is 32.9 Å². The van der Waals surface area contributed by atoms with Gasteiger partial charge in [-0.15, -0.1) is 0 Å². The van der Waals surface area contributed by atoms with Gasteiger partial charge in [0.2, 0.25) is 0 Å². The molecule has 1 heterocycles. The molecule has 1 atom stereocenters. The van der Waals surface area contributed by atoms with Gasteiger partial charge in [-0.25, -0.2) is 0 Å². The molecule has 3 aromatic rings. The molecule has 1 unspecified atom stereocenters. The van der Waals surface area contributed by atoms with Crippen molar-refractivity contribution in [3.63, 3.8) is 0 Å². The average Bonchev–Trinajstić information content (AvgIpc) is 2.89. The van der Waals surface area contributed by atoms with Gasteiger partial charge in [-0.2, -0.15) is 13.2 Å². The van der Waals surface area contributed by atoms with E-state index in [9.17, 15) is 13.2 Å². The van der Waals surface area contributed by atoms with Crippen molar-refractivity contribution >= 4 is 22.7 Å². The van der Waals surface area contributed by atoms with E-state index in [1.165, 1.54) is 17.8 Å².